The minimum atomic E-state index is -3.61. The van der Waals surface area contributed by atoms with E-state index < -0.39 is 21.8 Å². The number of carbonyl (C=O) groups excluding carboxylic acids is 2. The lowest BCUT2D eigenvalue weighted by Gasteiger charge is -2.08. The standard InChI is InChI=1S/C20H18N2O6S2/c1-27-18(23)11-16(19(24)28-2)21-14-8-9-15-17(10-14)29-20(22-15)30(25,26)12-13-6-4-3-5-7-13/h3-11,21H,12H2,1-2H3/b16-11+. The average Bonchev–Trinajstić information content (AvgIpc) is 3.17. The predicted octanol–water partition coefficient (Wildman–Crippen LogP) is 2.91. The number of methoxy groups -OCH3 is 2. The van der Waals surface area contributed by atoms with Crippen LogP contribution in [0.15, 0.2) is 64.6 Å². The number of nitrogens with one attached hydrogen (secondary N) is 1. The minimum absolute atomic E-state index is 0.0109. The van der Waals surface area contributed by atoms with Crippen LogP contribution in [0.2, 0.25) is 0 Å². The molecule has 0 fully saturated rings. The molecular formula is C20H18N2O6S2. The Labute approximate surface area is 177 Å². The molecule has 0 aliphatic rings. The summed E-state index contributed by atoms with van der Waals surface area (Å²) in [5.41, 5.74) is 1.52. The molecule has 0 atom stereocenters. The van der Waals surface area contributed by atoms with Gasteiger partial charge in [-0.15, -0.1) is 11.3 Å². The van der Waals surface area contributed by atoms with Gasteiger partial charge in [0.05, 0.1) is 36.3 Å². The van der Waals surface area contributed by atoms with Crippen molar-refractivity contribution in [3.63, 3.8) is 0 Å². The van der Waals surface area contributed by atoms with E-state index >= 15 is 0 Å². The molecule has 1 heterocycles. The Kier molecular flexibility index (Phi) is 6.48. The van der Waals surface area contributed by atoms with E-state index in [0.29, 0.717) is 21.5 Å². The highest BCUT2D eigenvalue weighted by atomic mass is 32.2. The monoisotopic (exact) mass is 446 g/mol. The van der Waals surface area contributed by atoms with Crippen LogP contribution in [0, 0.1) is 0 Å². The Morgan fingerprint density at radius 2 is 1.83 bits per heavy atom. The van der Waals surface area contributed by atoms with Gasteiger partial charge in [0.15, 0.2) is 0 Å². The Bertz CT molecular complexity index is 1220. The third-order valence-corrected chi connectivity index (χ3v) is 7.14. The van der Waals surface area contributed by atoms with Gasteiger partial charge in [-0.05, 0) is 23.8 Å². The van der Waals surface area contributed by atoms with Crippen LogP contribution in [0.5, 0.6) is 0 Å². The first-order valence-electron chi connectivity index (χ1n) is 8.64. The van der Waals surface area contributed by atoms with E-state index in [2.05, 4.69) is 19.8 Å². The SMILES string of the molecule is COC(=O)/C=C(/Nc1ccc2nc(S(=O)(=O)Cc3ccccc3)sc2c1)C(=O)OC. The van der Waals surface area contributed by atoms with Crippen molar-refractivity contribution in [3.05, 3.63) is 65.9 Å². The number of carbonyl (C=O) groups is 2. The molecule has 2 aromatic carbocycles. The first kappa shape index (κ1) is 21.5. The highest BCUT2D eigenvalue weighted by Gasteiger charge is 2.21. The molecule has 8 nitrogen and oxygen atoms in total. The molecule has 0 amide bonds. The predicted molar refractivity (Wildman–Crippen MR) is 113 cm³/mol. The molecule has 10 heteroatoms. The quantitative estimate of drug-likeness (QED) is 0.436. The molecule has 0 radical (unpaired) electrons. The highest BCUT2D eigenvalue weighted by molar-refractivity contribution is 7.92. The molecule has 0 aliphatic heterocycles. The van der Waals surface area contributed by atoms with Crippen LogP contribution in [0.25, 0.3) is 10.2 Å². The van der Waals surface area contributed by atoms with Gasteiger partial charge in [-0.3, -0.25) is 0 Å². The molecular weight excluding hydrogens is 428 g/mol. The van der Waals surface area contributed by atoms with Crippen molar-refractivity contribution in [1.29, 1.82) is 0 Å². The molecule has 1 aromatic heterocycles. The van der Waals surface area contributed by atoms with E-state index in [0.717, 1.165) is 17.4 Å². The lowest BCUT2D eigenvalue weighted by atomic mass is 10.2. The molecule has 0 saturated carbocycles. The van der Waals surface area contributed by atoms with Crippen molar-refractivity contribution in [1.82, 2.24) is 4.98 Å². The fraction of sp³-hybridized carbons (Fsp3) is 0.150. The van der Waals surface area contributed by atoms with Crippen molar-refractivity contribution < 1.29 is 27.5 Å². The van der Waals surface area contributed by atoms with E-state index in [-0.39, 0.29) is 15.8 Å². The van der Waals surface area contributed by atoms with Crippen molar-refractivity contribution in [2.45, 2.75) is 10.1 Å². The maximum Gasteiger partial charge on any atom is 0.354 e. The van der Waals surface area contributed by atoms with Gasteiger partial charge in [0.25, 0.3) is 0 Å². The smallest absolute Gasteiger partial charge is 0.354 e. The minimum Gasteiger partial charge on any atom is -0.466 e. The third kappa shape index (κ3) is 5.02. The Morgan fingerprint density at radius 1 is 1.10 bits per heavy atom. The number of aromatic nitrogens is 1. The zero-order valence-corrected chi connectivity index (χ0v) is 17.7. The third-order valence-electron chi connectivity index (χ3n) is 3.98. The molecule has 3 rings (SSSR count). The van der Waals surface area contributed by atoms with E-state index in [9.17, 15) is 18.0 Å². The molecule has 0 bridgehead atoms. The van der Waals surface area contributed by atoms with Crippen molar-refractivity contribution in [2.24, 2.45) is 0 Å². The molecule has 1 N–H and O–H groups in total. The number of thiazole rings is 1. The maximum atomic E-state index is 12.7. The second-order valence-electron chi connectivity index (χ2n) is 6.10. The zero-order valence-electron chi connectivity index (χ0n) is 16.1. The van der Waals surface area contributed by atoms with Gasteiger partial charge in [0, 0.05) is 5.69 Å². The van der Waals surface area contributed by atoms with Gasteiger partial charge in [0.1, 0.15) is 5.70 Å². The van der Waals surface area contributed by atoms with Crippen LogP contribution < -0.4 is 5.32 Å². The van der Waals surface area contributed by atoms with Gasteiger partial charge >= 0.3 is 11.9 Å². The summed E-state index contributed by atoms with van der Waals surface area (Å²) in [5.74, 6) is -1.63. The summed E-state index contributed by atoms with van der Waals surface area (Å²) in [6.45, 7) is 0. The van der Waals surface area contributed by atoms with Gasteiger partial charge in [-0.2, -0.15) is 0 Å². The molecule has 0 saturated heterocycles. The lowest BCUT2D eigenvalue weighted by Crippen LogP contribution is -2.15. The van der Waals surface area contributed by atoms with Crippen LogP contribution in [-0.4, -0.2) is 39.6 Å². The van der Waals surface area contributed by atoms with Crippen molar-refractivity contribution in [2.75, 3.05) is 19.5 Å². The first-order valence-corrected chi connectivity index (χ1v) is 11.1. The fourth-order valence-electron chi connectivity index (χ4n) is 2.56. The summed E-state index contributed by atoms with van der Waals surface area (Å²) in [5, 5.41) is 2.79. The van der Waals surface area contributed by atoms with Gasteiger partial charge in [-0.1, -0.05) is 30.3 Å². The number of nitrogens with zero attached hydrogens (tertiary/aromatic N) is 1. The Hall–Kier alpha value is -3.24. The van der Waals surface area contributed by atoms with Crippen LogP contribution >= 0.6 is 11.3 Å². The Balaban J connectivity index is 1.89. The van der Waals surface area contributed by atoms with Crippen molar-refractivity contribution in [3.8, 4) is 0 Å². The molecule has 30 heavy (non-hydrogen) atoms. The summed E-state index contributed by atoms with van der Waals surface area (Å²) in [7, 11) is -1.23. The molecule has 156 valence electrons. The molecule has 0 spiro atoms. The normalized spacial score (nSPS) is 11.9. The molecule has 0 unspecified atom stereocenters. The number of sulfone groups is 1. The first-order chi connectivity index (χ1) is 14.3. The number of rotatable bonds is 7. The summed E-state index contributed by atoms with van der Waals surface area (Å²) < 4.78 is 35.3. The van der Waals surface area contributed by atoms with E-state index in [1.807, 2.05) is 6.07 Å². The molecule has 3 aromatic rings. The second kappa shape index (κ2) is 9.06. The average molecular weight is 447 g/mol. The number of hydrogen-bond acceptors (Lipinski definition) is 9. The Morgan fingerprint density at radius 3 is 2.50 bits per heavy atom. The fourth-order valence-corrected chi connectivity index (χ4v) is 5.24. The summed E-state index contributed by atoms with van der Waals surface area (Å²) in [6.07, 6.45) is 0.971. The van der Waals surface area contributed by atoms with Crippen LogP contribution in [0.3, 0.4) is 0 Å². The number of esters is 2. The van der Waals surface area contributed by atoms with E-state index in [1.54, 1.807) is 42.5 Å². The van der Waals surface area contributed by atoms with Gasteiger partial charge in [-0.25, -0.2) is 23.0 Å². The zero-order chi connectivity index (χ0) is 21.7. The topological polar surface area (TPSA) is 112 Å². The largest absolute Gasteiger partial charge is 0.466 e. The number of fused-ring (bicyclic) bond motifs is 1. The molecule has 0 aliphatic carbocycles. The summed E-state index contributed by atoms with van der Waals surface area (Å²) >= 11 is 1.03. The number of benzene rings is 2. The number of hydrogen-bond donors (Lipinski definition) is 1. The van der Waals surface area contributed by atoms with Crippen LogP contribution in [0.4, 0.5) is 5.69 Å². The second-order valence-corrected chi connectivity index (χ2v) is 9.30. The summed E-state index contributed by atoms with van der Waals surface area (Å²) in [6, 6.07) is 13.8. The van der Waals surface area contributed by atoms with E-state index in [1.165, 1.54) is 14.2 Å². The summed E-state index contributed by atoms with van der Waals surface area (Å²) in [4.78, 5) is 27.6. The highest BCUT2D eigenvalue weighted by Crippen LogP contribution is 2.30. The maximum absolute atomic E-state index is 12.7. The van der Waals surface area contributed by atoms with Crippen LogP contribution in [0.1, 0.15) is 5.56 Å². The lowest BCUT2D eigenvalue weighted by molar-refractivity contribution is -0.138. The van der Waals surface area contributed by atoms with Crippen molar-refractivity contribution >= 4 is 49.0 Å². The van der Waals surface area contributed by atoms with Gasteiger partial charge < -0.3 is 14.8 Å². The van der Waals surface area contributed by atoms with E-state index in [4.69, 9.17) is 0 Å². The van der Waals surface area contributed by atoms with Gasteiger partial charge in [0.2, 0.25) is 14.2 Å². The number of ether oxygens (including phenoxy) is 2. The van der Waals surface area contributed by atoms with Crippen LogP contribution in [-0.2, 0) is 34.7 Å². The number of anilines is 1.